The van der Waals surface area contributed by atoms with Gasteiger partial charge in [0.25, 0.3) is 5.91 Å². The lowest BCUT2D eigenvalue weighted by atomic mass is 10.0. The third kappa shape index (κ3) is 2.85. The zero-order chi connectivity index (χ0) is 12.1. The van der Waals surface area contributed by atoms with Crippen molar-refractivity contribution in [1.82, 2.24) is 4.90 Å². The SMILES string of the molecule is Cc1ccc(C(=O)N(C)C)cc1C#CCO. The minimum absolute atomic E-state index is 0.0490. The molecule has 0 saturated heterocycles. The lowest BCUT2D eigenvalue weighted by Crippen LogP contribution is -2.21. The molecule has 1 amide bonds. The molecule has 0 fully saturated rings. The van der Waals surface area contributed by atoms with E-state index in [0.29, 0.717) is 5.56 Å². The van der Waals surface area contributed by atoms with Crippen LogP contribution in [0, 0.1) is 18.8 Å². The molecule has 1 aromatic rings. The molecule has 0 saturated carbocycles. The van der Waals surface area contributed by atoms with Crippen LogP contribution in [0.4, 0.5) is 0 Å². The van der Waals surface area contributed by atoms with Gasteiger partial charge in [0.15, 0.2) is 0 Å². The first kappa shape index (κ1) is 12.3. The summed E-state index contributed by atoms with van der Waals surface area (Å²) in [5.74, 6) is 5.36. The van der Waals surface area contributed by atoms with Crippen molar-refractivity contribution in [1.29, 1.82) is 0 Å². The summed E-state index contributed by atoms with van der Waals surface area (Å²) in [4.78, 5) is 13.2. The van der Waals surface area contributed by atoms with Gasteiger partial charge in [0, 0.05) is 25.2 Å². The van der Waals surface area contributed by atoms with E-state index in [0.717, 1.165) is 11.1 Å². The Balaban J connectivity index is 3.12. The van der Waals surface area contributed by atoms with Crippen LogP contribution in [-0.2, 0) is 0 Å². The maximum Gasteiger partial charge on any atom is 0.253 e. The van der Waals surface area contributed by atoms with Gasteiger partial charge in [0.2, 0.25) is 0 Å². The molecule has 0 heterocycles. The summed E-state index contributed by atoms with van der Waals surface area (Å²) < 4.78 is 0. The number of nitrogens with zero attached hydrogens (tertiary/aromatic N) is 1. The van der Waals surface area contributed by atoms with Crippen molar-refractivity contribution in [3.63, 3.8) is 0 Å². The van der Waals surface area contributed by atoms with Crippen molar-refractivity contribution in [3.05, 3.63) is 34.9 Å². The molecule has 3 heteroatoms. The molecule has 0 bridgehead atoms. The molecular formula is C13H15NO2. The van der Waals surface area contributed by atoms with Gasteiger partial charge in [-0.05, 0) is 24.6 Å². The topological polar surface area (TPSA) is 40.5 Å². The highest BCUT2D eigenvalue weighted by Gasteiger charge is 2.08. The number of aliphatic hydroxyl groups is 1. The van der Waals surface area contributed by atoms with Gasteiger partial charge in [-0.1, -0.05) is 17.9 Å². The van der Waals surface area contributed by atoms with Crippen molar-refractivity contribution in [2.75, 3.05) is 20.7 Å². The molecule has 16 heavy (non-hydrogen) atoms. The molecule has 0 unspecified atom stereocenters. The first-order valence-corrected chi connectivity index (χ1v) is 4.98. The number of carbonyl (C=O) groups is 1. The van der Waals surface area contributed by atoms with Crippen LogP contribution >= 0.6 is 0 Å². The second kappa shape index (κ2) is 5.34. The number of hydrogen-bond donors (Lipinski definition) is 1. The summed E-state index contributed by atoms with van der Waals surface area (Å²) in [6, 6.07) is 5.39. The van der Waals surface area contributed by atoms with Crippen molar-refractivity contribution in [3.8, 4) is 11.8 Å². The normalized spacial score (nSPS) is 9.25. The molecule has 0 aliphatic carbocycles. The van der Waals surface area contributed by atoms with Gasteiger partial charge < -0.3 is 10.0 Å². The standard InChI is InChI=1S/C13H15NO2/c1-10-6-7-12(13(16)14(2)3)9-11(10)5-4-8-15/h6-7,9,15H,8H2,1-3H3. The van der Waals surface area contributed by atoms with Gasteiger partial charge in [-0.3, -0.25) is 4.79 Å². The highest BCUT2D eigenvalue weighted by atomic mass is 16.2. The van der Waals surface area contributed by atoms with Crippen LogP contribution in [-0.4, -0.2) is 36.6 Å². The summed E-state index contributed by atoms with van der Waals surface area (Å²) in [6.07, 6.45) is 0. The predicted octanol–water partition coefficient (Wildman–Crippen LogP) is 1.04. The molecule has 1 aromatic carbocycles. The van der Waals surface area contributed by atoms with E-state index in [4.69, 9.17) is 5.11 Å². The zero-order valence-electron chi connectivity index (χ0n) is 9.74. The fourth-order valence-electron chi connectivity index (χ4n) is 1.28. The molecule has 0 aliphatic heterocycles. The van der Waals surface area contributed by atoms with E-state index in [1.807, 2.05) is 13.0 Å². The molecule has 0 aliphatic rings. The lowest BCUT2D eigenvalue weighted by molar-refractivity contribution is 0.0827. The van der Waals surface area contributed by atoms with Gasteiger partial charge in [0.1, 0.15) is 6.61 Å². The Morgan fingerprint density at radius 3 is 2.69 bits per heavy atom. The summed E-state index contributed by atoms with van der Waals surface area (Å²) in [7, 11) is 3.42. The van der Waals surface area contributed by atoms with Gasteiger partial charge in [0.05, 0.1) is 0 Å². The van der Waals surface area contributed by atoms with Gasteiger partial charge >= 0.3 is 0 Å². The van der Waals surface area contributed by atoms with E-state index >= 15 is 0 Å². The van der Waals surface area contributed by atoms with E-state index in [2.05, 4.69) is 11.8 Å². The lowest BCUT2D eigenvalue weighted by Gasteiger charge is -2.10. The van der Waals surface area contributed by atoms with Crippen molar-refractivity contribution in [2.45, 2.75) is 6.92 Å². The largest absolute Gasteiger partial charge is 0.384 e. The van der Waals surface area contributed by atoms with Crippen molar-refractivity contribution >= 4 is 5.91 Å². The Hall–Kier alpha value is -1.79. The molecule has 1 rings (SSSR count). The summed E-state index contributed by atoms with van der Waals surface area (Å²) in [5.41, 5.74) is 2.39. The summed E-state index contributed by atoms with van der Waals surface area (Å²) in [6.45, 7) is 1.75. The minimum Gasteiger partial charge on any atom is -0.384 e. The van der Waals surface area contributed by atoms with Crippen molar-refractivity contribution in [2.24, 2.45) is 0 Å². The number of aryl methyl sites for hydroxylation is 1. The Labute approximate surface area is 95.7 Å². The van der Waals surface area contributed by atoms with Crippen molar-refractivity contribution < 1.29 is 9.90 Å². The number of carbonyl (C=O) groups excluding carboxylic acids is 1. The van der Waals surface area contributed by atoms with E-state index in [9.17, 15) is 4.79 Å². The first-order valence-electron chi connectivity index (χ1n) is 4.98. The number of benzene rings is 1. The fraction of sp³-hybridized carbons (Fsp3) is 0.308. The molecule has 84 valence electrons. The Morgan fingerprint density at radius 1 is 1.44 bits per heavy atom. The van der Waals surface area contributed by atoms with Crippen LogP contribution in [0.15, 0.2) is 18.2 Å². The molecular weight excluding hydrogens is 202 g/mol. The maximum atomic E-state index is 11.7. The Morgan fingerprint density at radius 2 is 2.12 bits per heavy atom. The number of aliphatic hydroxyl groups excluding tert-OH is 1. The fourth-order valence-corrected chi connectivity index (χ4v) is 1.28. The van der Waals surface area contributed by atoms with E-state index in [-0.39, 0.29) is 12.5 Å². The first-order chi connectivity index (χ1) is 7.56. The van der Waals surface area contributed by atoms with Gasteiger partial charge in [-0.2, -0.15) is 0 Å². The van der Waals surface area contributed by atoms with Gasteiger partial charge in [-0.25, -0.2) is 0 Å². The number of hydrogen-bond acceptors (Lipinski definition) is 2. The van der Waals surface area contributed by atoms with E-state index in [1.165, 1.54) is 4.90 Å². The molecule has 1 N–H and O–H groups in total. The van der Waals surface area contributed by atoms with Crippen LogP contribution < -0.4 is 0 Å². The van der Waals surface area contributed by atoms with E-state index < -0.39 is 0 Å². The highest BCUT2D eigenvalue weighted by molar-refractivity contribution is 5.94. The maximum absolute atomic E-state index is 11.7. The monoisotopic (exact) mass is 217 g/mol. The molecule has 3 nitrogen and oxygen atoms in total. The third-order valence-electron chi connectivity index (χ3n) is 2.19. The number of rotatable bonds is 1. The molecule has 0 aromatic heterocycles. The zero-order valence-corrected chi connectivity index (χ0v) is 9.74. The highest BCUT2D eigenvalue weighted by Crippen LogP contribution is 2.11. The van der Waals surface area contributed by atoms with Crippen LogP contribution in [0.2, 0.25) is 0 Å². The summed E-state index contributed by atoms with van der Waals surface area (Å²) >= 11 is 0. The smallest absolute Gasteiger partial charge is 0.253 e. The molecule has 0 spiro atoms. The third-order valence-corrected chi connectivity index (χ3v) is 2.19. The second-order valence-corrected chi connectivity index (χ2v) is 3.69. The van der Waals surface area contributed by atoms with Crippen LogP contribution in [0.5, 0.6) is 0 Å². The van der Waals surface area contributed by atoms with Crippen LogP contribution in [0.25, 0.3) is 0 Å². The average Bonchev–Trinajstić information content (AvgIpc) is 2.27. The summed E-state index contributed by atoms with van der Waals surface area (Å²) in [5, 5.41) is 8.64. The van der Waals surface area contributed by atoms with Gasteiger partial charge in [-0.15, -0.1) is 0 Å². The molecule has 0 atom stereocenters. The second-order valence-electron chi connectivity index (χ2n) is 3.69. The quantitative estimate of drug-likeness (QED) is 0.714. The predicted molar refractivity (Wildman–Crippen MR) is 63.2 cm³/mol. The van der Waals surface area contributed by atoms with Crippen LogP contribution in [0.1, 0.15) is 21.5 Å². The van der Waals surface area contributed by atoms with Crippen LogP contribution in [0.3, 0.4) is 0 Å². The molecule has 0 radical (unpaired) electrons. The van der Waals surface area contributed by atoms with E-state index in [1.54, 1.807) is 26.2 Å². The Kier molecular flexibility index (Phi) is 4.10. The average molecular weight is 217 g/mol. The number of amides is 1. The minimum atomic E-state index is -0.175. The Bertz CT molecular complexity index is 453.